The SMILES string of the molecule is CC(C)OCC1CCCCC(Br)C1. The molecular weight excluding hydrogens is 228 g/mol. The van der Waals surface area contributed by atoms with Crippen LogP contribution in [0.25, 0.3) is 0 Å². The molecule has 1 aliphatic rings. The number of alkyl halides is 1. The fourth-order valence-electron chi connectivity index (χ4n) is 1.88. The second-order valence-corrected chi connectivity index (χ2v) is 5.66. The van der Waals surface area contributed by atoms with Crippen LogP contribution in [-0.2, 0) is 4.74 Å². The first kappa shape index (κ1) is 11.5. The lowest BCUT2D eigenvalue weighted by Gasteiger charge is -2.17. The van der Waals surface area contributed by atoms with Crippen molar-refractivity contribution in [3.8, 4) is 0 Å². The van der Waals surface area contributed by atoms with Gasteiger partial charge in [0.2, 0.25) is 0 Å². The van der Waals surface area contributed by atoms with Gasteiger partial charge in [0.05, 0.1) is 6.10 Å². The zero-order chi connectivity index (χ0) is 9.68. The molecular formula is C11H21BrO. The lowest BCUT2D eigenvalue weighted by Crippen LogP contribution is -2.15. The van der Waals surface area contributed by atoms with Gasteiger partial charge in [0, 0.05) is 11.4 Å². The number of halogens is 1. The van der Waals surface area contributed by atoms with Crippen molar-refractivity contribution in [2.24, 2.45) is 5.92 Å². The van der Waals surface area contributed by atoms with E-state index in [0.717, 1.165) is 17.4 Å². The zero-order valence-corrected chi connectivity index (χ0v) is 10.3. The van der Waals surface area contributed by atoms with Crippen LogP contribution in [0.4, 0.5) is 0 Å². The summed E-state index contributed by atoms with van der Waals surface area (Å²) in [5, 5.41) is 0. The number of rotatable bonds is 3. The van der Waals surface area contributed by atoms with Gasteiger partial charge in [0.25, 0.3) is 0 Å². The summed E-state index contributed by atoms with van der Waals surface area (Å²) in [4.78, 5) is 0.732. The van der Waals surface area contributed by atoms with E-state index in [-0.39, 0.29) is 0 Å². The Morgan fingerprint density at radius 2 is 2.00 bits per heavy atom. The van der Waals surface area contributed by atoms with Gasteiger partial charge in [-0.25, -0.2) is 0 Å². The van der Waals surface area contributed by atoms with Gasteiger partial charge in [-0.3, -0.25) is 0 Å². The Morgan fingerprint density at radius 1 is 1.31 bits per heavy atom. The van der Waals surface area contributed by atoms with Gasteiger partial charge in [-0.2, -0.15) is 0 Å². The summed E-state index contributed by atoms with van der Waals surface area (Å²) >= 11 is 3.73. The molecule has 0 heterocycles. The normalized spacial score (nSPS) is 30.5. The average Bonchev–Trinajstić information content (AvgIpc) is 2.26. The van der Waals surface area contributed by atoms with Crippen molar-refractivity contribution in [3.05, 3.63) is 0 Å². The number of hydrogen-bond acceptors (Lipinski definition) is 1. The minimum Gasteiger partial charge on any atom is -0.379 e. The van der Waals surface area contributed by atoms with E-state index >= 15 is 0 Å². The molecule has 0 aromatic rings. The fraction of sp³-hybridized carbons (Fsp3) is 1.00. The predicted molar refractivity (Wildman–Crippen MR) is 60.4 cm³/mol. The molecule has 1 aliphatic carbocycles. The molecule has 2 heteroatoms. The second kappa shape index (κ2) is 6.02. The smallest absolute Gasteiger partial charge is 0.0519 e. The van der Waals surface area contributed by atoms with Crippen molar-refractivity contribution >= 4 is 15.9 Å². The van der Waals surface area contributed by atoms with Gasteiger partial charge < -0.3 is 4.74 Å². The van der Waals surface area contributed by atoms with E-state index in [1.165, 1.54) is 32.1 Å². The van der Waals surface area contributed by atoms with E-state index in [1.54, 1.807) is 0 Å². The van der Waals surface area contributed by atoms with Crippen LogP contribution in [0.3, 0.4) is 0 Å². The van der Waals surface area contributed by atoms with Crippen molar-refractivity contribution in [1.29, 1.82) is 0 Å². The summed E-state index contributed by atoms with van der Waals surface area (Å²) in [6, 6.07) is 0. The molecule has 78 valence electrons. The van der Waals surface area contributed by atoms with Gasteiger partial charge in [-0.1, -0.05) is 28.8 Å². The Morgan fingerprint density at radius 3 is 2.69 bits per heavy atom. The molecule has 0 aromatic heterocycles. The standard InChI is InChI=1S/C11H21BrO/c1-9(2)13-8-10-5-3-4-6-11(12)7-10/h9-11H,3-8H2,1-2H3. The van der Waals surface area contributed by atoms with Crippen molar-refractivity contribution in [2.75, 3.05) is 6.61 Å². The molecule has 2 unspecified atom stereocenters. The van der Waals surface area contributed by atoms with Crippen LogP contribution >= 0.6 is 15.9 Å². The zero-order valence-electron chi connectivity index (χ0n) is 8.76. The van der Waals surface area contributed by atoms with Crippen LogP contribution in [0.5, 0.6) is 0 Å². The summed E-state index contributed by atoms with van der Waals surface area (Å²) in [5.41, 5.74) is 0. The highest BCUT2D eigenvalue weighted by Gasteiger charge is 2.18. The quantitative estimate of drug-likeness (QED) is 0.546. The van der Waals surface area contributed by atoms with Gasteiger partial charge in [0.1, 0.15) is 0 Å². The minimum absolute atomic E-state index is 0.386. The van der Waals surface area contributed by atoms with E-state index in [1.807, 2.05) is 0 Å². The van der Waals surface area contributed by atoms with Crippen LogP contribution in [0, 0.1) is 5.92 Å². The van der Waals surface area contributed by atoms with E-state index < -0.39 is 0 Å². The van der Waals surface area contributed by atoms with Crippen molar-refractivity contribution < 1.29 is 4.74 Å². The van der Waals surface area contributed by atoms with Gasteiger partial charge >= 0.3 is 0 Å². The second-order valence-electron chi connectivity index (χ2n) is 4.37. The van der Waals surface area contributed by atoms with Gasteiger partial charge in [-0.05, 0) is 39.0 Å². The van der Waals surface area contributed by atoms with Gasteiger partial charge in [-0.15, -0.1) is 0 Å². The molecule has 0 bridgehead atoms. The molecule has 1 fully saturated rings. The molecule has 0 aromatic carbocycles. The molecule has 0 aliphatic heterocycles. The molecule has 1 saturated carbocycles. The van der Waals surface area contributed by atoms with E-state index in [0.29, 0.717) is 6.10 Å². The first-order valence-electron chi connectivity index (χ1n) is 5.44. The lowest BCUT2D eigenvalue weighted by molar-refractivity contribution is 0.0477. The van der Waals surface area contributed by atoms with E-state index in [4.69, 9.17) is 4.74 Å². The fourth-order valence-corrected chi connectivity index (χ4v) is 2.73. The molecule has 13 heavy (non-hydrogen) atoms. The topological polar surface area (TPSA) is 9.23 Å². The van der Waals surface area contributed by atoms with E-state index in [9.17, 15) is 0 Å². The summed E-state index contributed by atoms with van der Waals surface area (Å²) in [7, 11) is 0. The monoisotopic (exact) mass is 248 g/mol. The Balaban J connectivity index is 2.22. The Labute approximate surface area is 90.4 Å². The van der Waals surface area contributed by atoms with E-state index in [2.05, 4.69) is 29.8 Å². The Bertz CT molecular complexity index is 136. The molecule has 0 saturated heterocycles. The highest BCUT2D eigenvalue weighted by Crippen LogP contribution is 2.27. The van der Waals surface area contributed by atoms with Crippen LogP contribution < -0.4 is 0 Å². The Hall–Kier alpha value is 0.440. The third-order valence-electron chi connectivity index (χ3n) is 2.63. The number of hydrogen-bond donors (Lipinski definition) is 0. The molecule has 0 spiro atoms. The van der Waals surface area contributed by atoms with Crippen LogP contribution in [-0.4, -0.2) is 17.5 Å². The third kappa shape index (κ3) is 5.02. The predicted octanol–water partition coefficient (Wildman–Crippen LogP) is 3.76. The maximum atomic E-state index is 5.66. The third-order valence-corrected chi connectivity index (χ3v) is 3.47. The molecule has 0 radical (unpaired) electrons. The first-order valence-corrected chi connectivity index (χ1v) is 6.35. The van der Waals surface area contributed by atoms with Crippen LogP contribution in [0.2, 0.25) is 0 Å². The summed E-state index contributed by atoms with van der Waals surface area (Å²) in [5.74, 6) is 0.786. The molecule has 0 N–H and O–H groups in total. The summed E-state index contributed by atoms with van der Waals surface area (Å²) in [6.07, 6.45) is 7.15. The summed E-state index contributed by atoms with van der Waals surface area (Å²) in [6.45, 7) is 5.18. The Kier molecular flexibility index (Phi) is 5.34. The first-order chi connectivity index (χ1) is 6.18. The molecule has 2 atom stereocenters. The van der Waals surface area contributed by atoms with Crippen molar-refractivity contribution in [2.45, 2.75) is 56.9 Å². The molecule has 1 rings (SSSR count). The molecule has 0 amide bonds. The van der Waals surface area contributed by atoms with Gasteiger partial charge in [0.15, 0.2) is 0 Å². The minimum atomic E-state index is 0.386. The molecule has 1 nitrogen and oxygen atoms in total. The van der Waals surface area contributed by atoms with Crippen LogP contribution in [0.15, 0.2) is 0 Å². The van der Waals surface area contributed by atoms with Crippen molar-refractivity contribution in [3.63, 3.8) is 0 Å². The number of ether oxygens (including phenoxy) is 1. The van der Waals surface area contributed by atoms with Crippen molar-refractivity contribution in [1.82, 2.24) is 0 Å². The largest absolute Gasteiger partial charge is 0.379 e. The average molecular weight is 249 g/mol. The summed E-state index contributed by atoms with van der Waals surface area (Å²) < 4.78 is 5.66. The lowest BCUT2D eigenvalue weighted by atomic mass is 10.0. The maximum absolute atomic E-state index is 5.66. The maximum Gasteiger partial charge on any atom is 0.0519 e. The van der Waals surface area contributed by atoms with Crippen LogP contribution in [0.1, 0.15) is 46.0 Å². The highest BCUT2D eigenvalue weighted by molar-refractivity contribution is 9.09. The highest BCUT2D eigenvalue weighted by atomic mass is 79.9.